The maximum Gasteiger partial charge on any atom is 0.323 e. The van der Waals surface area contributed by atoms with Gasteiger partial charge in [-0.1, -0.05) is 0 Å². The zero-order valence-electron chi connectivity index (χ0n) is 8.82. The van der Waals surface area contributed by atoms with Crippen LogP contribution in [-0.4, -0.2) is 26.8 Å². The second-order valence-corrected chi connectivity index (χ2v) is 4.28. The molecule has 1 aliphatic heterocycles. The highest BCUT2D eigenvalue weighted by atomic mass is 16.4. The number of phenols is 2. The first-order valence-corrected chi connectivity index (χ1v) is 4.94. The van der Waals surface area contributed by atoms with Crippen LogP contribution in [0.2, 0.25) is 0 Å². The average molecular weight is 223 g/mol. The molecule has 0 spiro atoms. The van der Waals surface area contributed by atoms with E-state index in [9.17, 15) is 15.0 Å². The van der Waals surface area contributed by atoms with Crippen LogP contribution in [0, 0.1) is 0 Å². The smallest absolute Gasteiger partial charge is 0.323 e. The van der Waals surface area contributed by atoms with Crippen LogP contribution in [0.25, 0.3) is 0 Å². The van der Waals surface area contributed by atoms with Gasteiger partial charge in [-0.3, -0.25) is 10.1 Å². The first-order chi connectivity index (χ1) is 7.42. The topological polar surface area (TPSA) is 89.8 Å². The highest BCUT2D eigenvalue weighted by Gasteiger charge is 2.36. The molecule has 0 radical (unpaired) electrons. The van der Waals surface area contributed by atoms with Crippen molar-refractivity contribution >= 4 is 5.97 Å². The second kappa shape index (κ2) is 3.38. The van der Waals surface area contributed by atoms with Gasteiger partial charge in [-0.05, 0) is 30.2 Å². The summed E-state index contributed by atoms with van der Waals surface area (Å²) < 4.78 is 0. The fourth-order valence-corrected chi connectivity index (χ4v) is 1.88. The van der Waals surface area contributed by atoms with Crippen molar-refractivity contribution in [3.05, 3.63) is 23.3 Å². The van der Waals surface area contributed by atoms with Gasteiger partial charge >= 0.3 is 5.97 Å². The van der Waals surface area contributed by atoms with Crippen LogP contribution in [0.4, 0.5) is 0 Å². The van der Waals surface area contributed by atoms with Crippen LogP contribution in [0.15, 0.2) is 12.1 Å². The lowest BCUT2D eigenvalue weighted by Crippen LogP contribution is -2.53. The molecule has 0 fully saturated rings. The third-order valence-electron chi connectivity index (χ3n) is 2.98. The minimum absolute atomic E-state index is 0.181. The molecule has 2 rings (SSSR count). The number of hydrogen-bond acceptors (Lipinski definition) is 4. The standard InChI is InChI=1S/C11H13NO4/c1-11(10(15)16)4-6-2-8(13)9(14)3-7(6)5-12-11/h2-3,12-14H,4-5H2,1H3,(H,15,16). The third-order valence-corrected chi connectivity index (χ3v) is 2.98. The van der Waals surface area contributed by atoms with Crippen LogP contribution >= 0.6 is 0 Å². The number of fused-ring (bicyclic) bond motifs is 1. The summed E-state index contributed by atoms with van der Waals surface area (Å²) in [7, 11) is 0. The van der Waals surface area contributed by atoms with Crippen LogP contribution in [0.1, 0.15) is 18.1 Å². The Morgan fingerprint density at radius 2 is 1.88 bits per heavy atom. The van der Waals surface area contributed by atoms with Crippen LogP contribution in [0.5, 0.6) is 11.5 Å². The summed E-state index contributed by atoms with van der Waals surface area (Å²) in [4.78, 5) is 11.1. The van der Waals surface area contributed by atoms with Crippen molar-refractivity contribution in [2.75, 3.05) is 0 Å². The molecule has 0 bridgehead atoms. The molecule has 1 heterocycles. The molecule has 0 amide bonds. The Labute approximate surface area is 92.3 Å². The molecule has 86 valence electrons. The third kappa shape index (κ3) is 1.59. The van der Waals surface area contributed by atoms with Crippen molar-refractivity contribution in [3.8, 4) is 11.5 Å². The molecular weight excluding hydrogens is 210 g/mol. The molecule has 0 saturated carbocycles. The van der Waals surface area contributed by atoms with Crippen molar-refractivity contribution in [1.82, 2.24) is 5.32 Å². The number of aromatic hydroxyl groups is 2. The zero-order valence-corrected chi connectivity index (χ0v) is 8.82. The van der Waals surface area contributed by atoms with Gasteiger partial charge in [-0.15, -0.1) is 0 Å². The quantitative estimate of drug-likeness (QED) is 0.523. The summed E-state index contributed by atoms with van der Waals surface area (Å²) in [5.74, 6) is -1.32. The van der Waals surface area contributed by atoms with E-state index in [1.807, 2.05) is 0 Å². The Balaban J connectivity index is 2.41. The van der Waals surface area contributed by atoms with E-state index < -0.39 is 11.5 Å². The Morgan fingerprint density at radius 1 is 1.31 bits per heavy atom. The van der Waals surface area contributed by atoms with Gasteiger partial charge < -0.3 is 15.3 Å². The largest absolute Gasteiger partial charge is 0.504 e. The van der Waals surface area contributed by atoms with E-state index in [0.29, 0.717) is 6.54 Å². The van der Waals surface area contributed by atoms with Crippen molar-refractivity contribution in [2.24, 2.45) is 0 Å². The van der Waals surface area contributed by atoms with Gasteiger partial charge in [0.05, 0.1) is 0 Å². The molecule has 1 aliphatic rings. The number of aliphatic carboxylic acids is 1. The minimum atomic E-state index is -1.02. The number of hydrogen-bond donors (Lipinski definition) is 4. The van der Waals surface area contributed by atoms with Gasteiger partial charge in [-0.2, -0.15) is 0 Å². The fraction of sp³-hybridized carbons (Fsp3) is 0.364. The molecule has 5 nitrogen and oxygen atoms in total. The van der Waals surface area contributed by atoms with E-state index in [0.717, 1.165) is 11.1 Å². The molecule has 1 atom stereocenters. The van der Waals surface area contributed by atoms with Crippen molar-refractivity contribution in [1.29, 1.82) is 0 Å². The number of carbonyl (C=O) groups is 1. The molecular formula is C11H13NO4. The maximum atomic E-state index is 11.1. The Hall–Kier alpha value is -1.75. The van der Waals surface area contributed by atoms with Gasteiger partial charge in [0, 0.05) is 13.0 Å². The summed E-state index contributed by atoms with van der Waals surface area (Å²) in [6, 6.07) is 2.88. The average Bonchev–Trinajstić information content (AvgIpc) is 2.20. The minimum Gasteiger partial charge on any atom is -0.504 e. The maximum absolute atomic E-state index is 11.1. The van der Waals surface area contributed by atoms with E-state index >= 15 is 0 Å². The SMILES string of the molecule is CC1(C(=O)O)Cc2cc(O)c(O)cc2CN1. The number of benzene rings is 1. The monoisotopic (exact) mass is 223 g/mol. The van der Waals surface area contributed by atoms with Gasteiger partial charge in [0.25, 0.3) is 0 Å². The lowest BCUT2D eigenvalue weighted by atomic mass is 9.86. The molecule has 4 N–H and O–H groups in total. The van der Waals surface area contributed by atoms with Gasteiger partial charge in [0.1, 0.15) is 5.54 Å². The van der Waals surface area contributed by atoms with Crippen LogP contribution < -0.4 is 5.32 Å². The normalized spacial score (nSPS) is 23.8. The van der Waals surface area contributed by atoms with Crippen LogP contribution in [0.3, 0.4) is 0 Å². The van der Waals surface area contributed by atoms with Gasteiger partial charge in [0.2, 0.25) is 0 Å². The van der Waals surface area contributed by atoms with E-state index in [1.165, 1.54) is 12.1 Å². The summed E-state index contributed by atoms with van der Waals surface area (Å²) in [5, 5.41) is 30.7. The molecule has 1 unspecified atom stereocenters. The van der Waals surface area contributed by atoms with Crippen molar-refractivity contribution < 1.29 is 20.1 Å². The number of carboxylic acid groups (broad SMARTS) is 1. The summed E-state index contributed by atoms with van der Waals surface area (Å²) in [6.45, 7) is 1.97. The predicted molar refractivity (Wildman–Crippen MR) is 56.4 cm³/mol. The Bertz CT molecular complexity index is 458. The first kappa shape index (κ1) is 10.8. The number of phenolic OH excluding ortho intramolecular Hbond substituents is 2. The molecule has 0 aromatic heterocycles. The molecule has 16 heavy (non-hydrogen) atoms. The Kier molecular flexibility index (Phi) is 2.27. The lowest BCUT2D eigenvalue weighted by Gasteiger charge is -2.32. The fourth-order valence-electron chi connectivity index (χ4n) is 1.88. The Morgan fingerprint density at radius 3 is 2.44 bits per heavy atom. The number of carboxylic acids is 1. The summed E-state index contributed by atoms with van der Waals surface area (Å²) in [6.07, 6.45) is 0.283. The van der Waals surface area contributed by atoms with Gasteiger partial charge in [0.15, 0.2) is 11.5 Å². The lowest BCUT2D eigenvalue weighted by molar-refractivity contribution is -0.144. The molecule has 0 saturated heterocycles. The first-order valence-electron chi connectivity index (χ1n) is 4.94. The molecule has 0 aliphatic carbocycles. The number of rotatable bonds is 1. The zero-order chi connectivity index (χ0) is 11.9. The second-order valence-electron chi connectivity index (χ2n) is 4.28. The summed E-state index contributed by atoms with van der Waals surface area (Å²) in [5.41, 5.74) is 0.545. The van der Waals surface area contributed by atoms with E-state index in [1.54, 1.807) is 6.92 Å². The van der Waals surface area contributed by atoms with E-state index in [4.69, 9.17) is 5.11 Å². The van der Waals surface area contributed by atoms with Crippen LogP contribution in [-0.2, 0) is 17.8 Å². The van der Waals surface area contributed by atoms with Crippen molar-refractivity contribution in [2.45, 2.75) is 25.4 Å². The van der Waals surface area contributed by atoms with E-state index in [-0.39, 0.29) is 17.9 Å². The van der Waals surface area contributed by atoms with Crippen molar-refractivity contribution in [3.63, 3.8) is 0 Å². The molecule has 1 aromatic rings. The molecule has 1 aromatic carbocycles. The van der Waals surface area contributed by atoms with Gasteiger partial charge in [-0.25, -0.2) is 0 Å². The molecule has 5 heteroatoms. The highest BCUT2D eigenvalue weighted by molar-refractivity contribution is 5.79. The summed E-state index contributed by atoms with van der Waals surface area (Å²) >= 11 is 0. The highest BCUT2D eigenvalue weighted by Crippen LogP contribution is 2.32. The number of nitrogens with one attached hydrogen (secondary N) is 1. The van der Waals surface area contributed by atoms with E-state index in [2.05, 4.69) is 5.32 Å². The predicted octanol–water partition coefficient (Wildman–Crippen LogP) is 0.587.